The van der Waals surface area contributed by atoms with Crippen molar-refractivity contribution in [1.82, 2.24) is 9.97 Å². The second-order valence-electron chi connectivity index (χ2n) is 7.63. The Bertz CT molecular complexity index is 1190. The quantitative estimate of drug-likeness (QED) is 0.285. The van der Waals surface area contributed by atoms with Crippen LogP contribution >= 0.6 is 11.3 Å². The van der Waals surface area contributed by atoms with E-state index in [4.69, 9.17) is 9.72 Å². The van der Waals surface area contributed by atoms with E-state index in [0.717, 1.165) is 35.0 Å². The highest BCUT2D eigenvalue weighted by Crippen LogP contribution is 2.32. The number of thiazole rings is 1. The van der Waals surface area contributed by atoms with Crippen molar-refractivity contribution in [2.45, 2.75) is 39.7 Å². The van der Waals surface area contributed by atoms with Gasteiger partial charge in [-0.3, -0.25) is 14.7 Å². The fraction of sp³-hybridized carbons (Fsp3) is 0.269. The van der Waals surface area contributed by atoms with Crippen LogP contribution in [0, 0.1) is 0 Å². The molecule has 0 unspecified atom stereocenters. The van der Waals surface area contributed by atoms with E-state index in [1.54, 1.807) is 28.6 Å². The van der Waals surface area contributed by atoms with Crippen LogP contribution in [-0.4, -0.2) is 22.5 Å². The van der Waals surface area contributed by atoms with Crippen LogP contribution in [-0.2, 0) is 13.0 Å². The van der Waals surface area contributed by atoms with Crippen molar-refractivity contribution in [3.05, 3.63) is 83.7 Å². The van der Waals surface area contributed by atoms with Gasteiger partial charge in [-0.15, -0.1) is 0 Å². The average molecular weight is 446 g/mol. The van der Waals surface area contributed by atoms with Crippen molar-refractivity contribution in [2.24, 2.45) is 0 Å². The van der Waals surface area contributed by atoms with E-state index >= 15 is 0 Å². The molecule has 5 nitrogen and oxygen atoms in total. The molecule has 2 aromatic carbocycles. The number of hydrogen-bond acceptors (Lipinski definition) is 5. The molecule has 32 heavy (non-hydrogen) atoms. The van der Waals surface area contributed by atoms with Crippen molar-refractivity contribution in [1.29, 1.82) is 0 Å². The number of anilines is 1. The summed E-state index contributed by atoms with van der Waals surface area (Å²) in [6.07, 6.45) is 6.53. The topological polar surface area (TPSA) is 55.3 Å². The number of aryl methyl sites for hydroxylation is 1. The lowest BCUT2D eigenvalue weighted by atomic mass is 10.1. The van der Waals surface area contributed by atoms with Gasteiger partial charge in [0.2, 0.25) is 0 Å². The van der Waals surface area contributed by atoms with E-state index < -0.39 is 0 Å². The molecular weight excluding hydrogens is 418 g/mol. The Kier molecular flexibility index (Phi) is 7.12. The molecule has 1 amide bonds. The molecule has 0 saturated heterocycles. The molecule has 0 fully saturated rings. The Morgan fingerprint density at radius 3 is 2.75 bits per heavy atom. The van der Waals surface area contributed by atoms with Gasteiger partial charge in [0.25, 0.3) is 5.91 Å². The summed E-state index contributed by atoms with van der Waals surface area (Å²) < 4.78 is 6.90. The van der Waals surface area contributed by atoms with Gasteiger partial charge >= 0.3 is 0 Å². The van der Waals surface area contributed by atoms with Crippen molar-refractivity contribution in [3.63, 3.8) is 0 Å². The first-order chi connectivity index (χ1) is 15.7. The maximum atomic E-state index is 13.6. The van der Waals surface area contributed by atoms with Crippen LogP contribution in [0.1, 0.15) is 48.2 Å². The zero-order valence-electron chi connectivity index (χ0n) is 18.5. The minimum absolute atomic E-state index is 0.107. The Hall–Kier alpha value is -3.25. The van der Waals surface area contributed by atoms with Crippen molar-refractivity contribution in [2.75, 3.05) is 11.5 Å². The molecule has 0 aliphatic carbocycles. The largest absolute Gasteiger partial charge is 0.494 e. The summed E-state index contributed by atoms with van der Waals surface area (Å²) >= 11 is 1.54. The molecular formula is C26H27N3O2S. The lowest BCUT2D eigenvalue weighted by Crippen LogP contribution is -2.30. The normalized spacial score (nSPS) is 10.9. The summed E-state index contributed by atoms with van der Waals surface area (Å²) in [5.74, 6) is 0.604. The minimum Gasteiger partial charge on any atom is -0.494 e. The molecule has 164 valence electrons. The molecule has 6 heteroatoms. The third-order valence-corrected chi connectivity index (χ3v) is 6.28. The molecule has 4 rings (SSSR count). The second-order valence-corrected chi connectivity index (χ2v) is 8.64. The Morgan fingerprint density at radius 2 is 1.97 bits per heavy atom. The van der Waals surface area contributed by atoms with E-state index in [2.05, 4.69) is 31.0 Å². The predicted octanol–water partition coefficient (Wildman–Crippen LogP) is 6.28. The van der Waals surface area contributed by atoms with Crippen molar-refractivity contribution >= 4 is 32.6 Å². The molecule has 0 atom stereocenters. The molecule has 0 spiro atoms. The van der Waals surface area contributed by atoms with Gasteiger partial charge in [-0.05, 0) is 60.4 Å². The number of unbranched alkanes of at least 4 members (excludes halogenated alkanes) is 1. The Morgan fingerprint density at radius 1 is 1.06 bits per heavy atom. The van der Waals surface area contributed by atoms with E-state index in [1.165, 1.54) is 5.56 Å². The Labute approximate surface area is 192 Å². The van der Waals surface area contributed by atoms with Crippen molar-refractivity contribution < 1.29 is 9.53 Å². The van der Waals surface area contributed by atoms with Gasteiger partial charge in [-0.1, -0.05) is 49.8 Å². The fourth-order valence-electron chi connectivity index (χ4n) is 3.40. The van der Waals surface area contributed by atoms with Gasteiger partial charge in [0.1, 0.15) is 5.75 Å². The zero-order chi connectivity index (χ0) is 22.3. The zero-order valence-corrected chi connectivity index (χ0v) is 19.3. The standard InChI is InChI=1S/C26H27N3O2S/c1-3-5-14-31-22-10-6-9-21(16-22)25(30)29(18-20-8-7-13-27-17-20)26-28-23-12-11-19(4-2)15-24(23)32-26/h6-13,15-17H,3-5,14,18H2,1-2H3. The fourth-order valence-corrected chi connectivity index (χ4v) is 4.43. The maximum Gasteiger partial charge on any atom is 0.260 e. The number of benzene rings is 2. The predicted molar refractivity (Wildman–Crippen MR) is 131 cm³/mol. The van der Waals surface area contributed by atoms with Crippen LogP contribution in [0.25, 0.3) is 10.2 Å². The van der Waals surface area contributed by atoms with Gasteiger partial charge < -0.3 is 4.74 Å². The summed E-state index contributed by atoms with van der Waals surface area (Å²) in [5, 5.41) is 0.680. The van der Waals surface area contributed by atoms with Gasteiger partial charge in [0.05, 0.1) is 23.4 Å². The van der Waals surface area contributed by atoms with Crippen molar-refractivity contribution in [3.8, 4) is 5.75 Å². The van der Waals surface area contributed by atoms with E-state index in [-0.39, 0.29) is 5.91 Å². The number of nitrogens with zero attached hydrogens (tertiary/aromatic N) is 3. The smallest absolute Gasteiger partial charge is 0.260 e. The van der Waals surface area contributed by atoms with E-state index in [0.29, 0.717) is 29.6 Å². The number of aromatic nitrogens is 2. The number of hydrogen-bond donors (Lipinski definition) is 0. The van der Waals surface area contributed by atoms with E-state index in [9.17, 15) is 4.79 Å². The average Bonchev–Trinajstić information content (AvgIpc) is 3.26. The highest BCUT2D eigenvalue weighted by Gasteiger charge is 2.22. The summed E-state index contributed by atoms with van der Waals surface area (Å²) in [6.45, 7) is 5.30. The number of rotatable bonds is 9. The summed E-state index contributed by atoms with van der Waals surface area (Å²) in [5.41, 5.74) is 3.69. The van der Waals surface area contributed by atoms with Gasteiger partial charge in [0, 0.05) is 18.0 Å². The number of pyridine rings is 1. The third-order valence-electron chi connectivity index (χ3n) is 5.24. The summed E-state index contributed by atoms with van der Waals surface area (Å²) in [4.78, 5) is 24.4. The molecule has 0 bridgehead atoms. The lowest BCUT2D eigenvalue weighted by Gasteiger charge is -2.20. The molecule has 2 aromatic heterocycles. The number of carbonyl (C=O) groups excluding carboxylic acids is 1. The van der Waals surface area contributed by atoms with Crippen LogP contribution in [0.15, 0.2) is 67.0 Å². The van der Waals surface area contributed by atoms with E-state index in [1.807, 2.05) is 42.5 Å². The van der Waals surface area contributed by atoms with Crippen LogP contribution in [0.5, 0.6) is 5.75 Å². The number of amides is 1. The SMILES string of the molecule is CCCCOc1cccc(C(=O)N(Cc2cccnc2)c2nc3ccc(CC)cc3s2)c1. The molecule has 0 aliphatic heterocycles. The number of ether oxygens (including phenoxy) is 1. The lowest BCUT2D eigenvalue weighted by molar-refractivity contribution is 0.0984. The molecule has 0 N–H and O–H groups in total. The summed E-state index contributed by atoms with van der Waals surface area (Å²) in [7, 11) is 0. The van der Waals surface area contributed by atoms with Crippen LogP contribution in [0.4, 0.5) is 5.13 Å². The second kappa shape index (κ2) is 10.4. The molecule has 4 aromatic rings. The van der Waals surface area contributed by atoms with Crippen LogP contribution < -0.4 is 9.64 Å². The molecule has 2 heterocycles. The Balaban J connectivity index is 1.68. The van der Waals surface area contributed by atoms with Gasteiger partial charge in [-0.2, -0.15) is 0 Å². The van der Waals surface area contributed by atoms with Gasteiger partial charge in [-0.25, -0.2) is 4.98 Å². The van der Waals surface area contributed by atoms with Gasteiger partial charge in [0.15, 0.2) is 5.13 Å². The van der Waals surface area contributed by atoms with Crippen LogP contribution in [0.3, 0.4) is 0 Å². The highest BCUT2D eigenvalue weighted by atomic mass is 32.1. The highest BCUT2D eigenvalue weighted by molar-refractivity contribution is 7.22. The molecule has 0 radical (unpaired) electrons. The summed E-state index contributed by atoms with van der Waals surface area (Å²) in [6, 6.07) is 17.5. The third kappa shape index (κ3) is 5.14. The first kappa shape index (κ1) is 22.0. The minimum atomic E-state index is -0.107. The number of fused-ring (bicyclic) bond motifs is 1. The first-order valence-electron chi connectivity index (χ1n) is 11.0. The maximum absolute atomic E-state index is 13.6. The molecule has 0 aliphatic rings. The monoisotopic (exact) mass is 445 g/mol. The molecule has 0 saturated carbocycles. The number of carbonyl (C=O) groups is 1. The first-order valence-corrected chi connectivity index (χ1v) is 11.8. The van der Waals surface area contributed by atoms with Crippen LogP contribution in [0.2, 0.25) is 0 Å².